The predicted octanol–water partition coefficient (Wildman–Crippen LogP) is 0.656. The Balaban J connectivity index is 1.61. The number of aryl methyl sites for hydroxylation is 1. The van der Waals surface area contributed by atoms with Crippen molar-refractivity contribution in [2.24, 2.45) is 0 Å². The summed E-state index contributed by atoms with van der Waals surface area (Å²) in [5.74, 6) is 0.119. The van der Waals surface area contributed by atoms with Gasteiger partial charge in [0.25, 0.3) is 5.56 Å². The van der Waals surface area contributed by atoms with E-state index in [1.807, 2.05) is 29.2 Å². The second-order valence-electron chi connectivity index (χ2n) is 7.27. The summed E-state index contributed by atoms with van der Waals surface area (Å²) in [6.07, 6.45) is 2.45. The minimum Gasteiger partial charge on any atom is -0.383 e. The summed E-state index contributed by atoms with van der Waals surface area (Å²) in [4.78, 5) is 43.6. The van der Waals surface area contributed by atoms with Crippen LogP contribution >= 0.6 is 0 Å². The van der Waals surface area contributed by atoms with Gasteiger partial charge in [0, 0.05) is 52.7 Å². The topological polar surface area (TPSA) is 106 Å². The molecule has 3 rings (SSSR count). The lowest BCUT2D eigenvalue weighted by atomic mass is 10.2. The van der Waals surface area contributed by atoms with Crippen LogP contribution in [0.15, 0.2) is 29.1 Å². The molecule has 0 atom stereocenters. The number of benzene rings is 1. The minimum absolute atomic E-state index is 0.140. The first-order valence-electron chi connectivity index (χ1n) is 10.4. The molecule has 0 bridgehead atoms. The van der Waals surface area contributed by atoms with Gasteiger partial charge in [-0.3, -0.25) is 14.4 Å². The van der Waals surface area contributed by atoms with Crippen LogP contribution in [0, 0.1) is 0 Å². The molecule has 0 aliphatic carbocycles. The molecule has 1 fully saturated rings. The van der Waals surface area contributed by atoms with Gasteiger partial charge in [-0.2, -0.15) is 0 Å². The molecule has 1 saturated heterocycles. The van der Waals surface area contributed by atoms with Crippen molar-refractivity contribution in [2.45, 2.75) is 32.2 Å². The zero-order valence-corrected chi connectivity index (χ0v) is 17.4. The molecule has 1 aliphatic heterocycles. The third-order valence-electron chi connectivity index (χ3n) is 5.11. The van der Waals surface area contributed by atoms with Crippen molar-refractivity contribution in [1.82, 2.24) is 20.2 Å². The van der Waals surface area contributed by atoms with Gasteiger partial charge in [-0.25, -0.2) is 4.98 Å². The van der Waals surface area contributed by atoms with E-state index in [9.17, 15) is 14.4 Å². The largest absolute Gasteiger partial charge is 0.383 e. The molecular formula is C21H29N5O4. The van der Waals surface area contributed by atoms with E-state index in [1.54, 1.807) is 11.7 Å². The molecule has 1 aromatic heterocycles. The number of carbonyl (C=O) groups excluding carboxylic acids is 2. The maximum Gasteiger partial charge on any atom is 0.294 e. The highest BCUT2D eigenvalue weighted by Gasteiger charge is 2.20. The maximum atomic E-state index is 13.1. The Morgan fingerprint density at radius 2 is 1.77 bits per heavy atom. The number of amides is 2. The third kappa shape index (κ3) is 5.56. The number of nitrogens with zero attached hydrogens (tertiary/aromatic N) is 3. The van der Waals surface area contributed by atoms with Crippen LogP contribution in [-0.4, -0.2) is 61.3 Å². The van der Waals surface area contributed by atoms with Crippen LogP contribution in [-0.2, 0) is 20.9 Å². The minimum atomic E-state index is -0.199. The number of rotatable bonds is 10. The molecule has 2 aromatic rings. The molecule has 2 N–H and O–H groups in total. The number of nitrogens with one attached hydrogen (secondary N) is 2. The van der Waals surface area contributed by atoms with Crippen molar-refractivity contribution < 1.29 is 14.3 Å². The van der Waals surface area contributed by atoms with Crippen molar-refractivity contribution in [3.63, 3.8) is 0 Å². The van der Waals surface area contributed by atoms with Gasteiger partial charge < -0.3 is 24.8 Å². The van der Waals surface area contributed by atoms with Gasteiger partial charge >= 0.3 is 0 Å². The number of anilines is 1. The molecule has 1 aliphatic rings. The number of fused-ring (bicyclic) bond motifs is 1. The summed E-state index contributed by atoms with van der Waals surface area (Å²) < 4.78 is 6.50. The SMILES string of the molecule is COCCNC(=O)CCNC(=O)CCn1c(=O)c(N2CCCC2)nc2ccccc21. The number of ether oxygens (including phenoxy) is 1. The summed E-state index contributed by atoms with van der Waals surface area (Å²) in [5.41, 5.74) is 1.30. The second kappa shape index (κ2) is 10.7. The van der Waals surface area contributed by atoms with Gasteiger partial charge in [-0.05, 0) is 25.0 Å². The first kappa shape index (κ1) is 21.8. The molecule has 30 heavy (non-hydrogen) atoms. The fourth-order valence-corrected chi connectivity index (χ4v) is 3.53. The zero-order valence-electron chi connectivity index (χ0n) is 17.4. The molecule has 2 amide bonds. The summed E-state index contributed by atoms with van der Waals surface area (Å²) >= 11 is 0. The van der Waals surface area contributed by atoms with Gasteiger partial charge in [0.1, 0.15) is 0 Å². The van der Waals surface area contributed by atoms with Gasteiger partial charge in [0.05, 0.1) is 17.6 Å². The lowest BCUT2D eigenvalue weighted by Gasteiger charge is -2.19. The number of carbonyl (C=O) groups is 2. The molecule has 0 radical (unpaired) electrons. The van der Waals surface area contributed by atoms with E-state index in [-0.39, 0.29) is 43.3 Å². The first-order chi connectivity index (χ1) is 14.6. The van der Waals surface area contributed by atoms with Crippen molar-refractivity contribution in [2.75, 3.05) is 44.8 Å². The normalized spacial score (nSPS) is 13.6. The molecule has 9 nitrogen and oxygen atoms in total. The van der Waals surface area contributed by atoms with Crippen LogP contribution in [0.2, 0.25) is 0 Å². The van der Waals surface area contributed by atoms with Crippen LogP contribution in [0.3, 0.4) is 0 Å². The lowest BCUT2D eigenvalue weighted by molar-refractivity contribution is -0.122. The molecule has 162 valence electrons. The van der Waals surface area contributed by atoms with Crippen LogP contribution in [0.1, 0.15) is 25.7 Å². The lowest BCUT2D eigenvalue weighted by Crippen LogP contribution is -2.34. The van der Waals surface area contributed by atoms with Crippen molar-refractivity contribution in [3.8, 4) is 0 Å². The molecule has 0 spiro atoms. The van der Waals surface area contributed by atoms with E-state index < -0.39 is 0 Å². The smallest absolute Gasteiger partial charge is 0.294 e. The van der Waals surface area contributed by atoms with E-state index in [0.29, 0.717) is 19.0 Å². The summed E-state index contributed by atoms with van der Waals surface area (Å²) in [5, 5.41) is 5.44. The fourth-order valence-electron chi connectivity index (χ4n) is 3.53. The quantitative estimate of drug-likeness (QED) is 0.552. The van der Waals surface area contributed by atoms with Crippen LogP contribution in [0.4, 0.5) is 5.82 Å². The number of para-hydroxylation sites is 2. The highest BCUT2D eigenvalue weighted by molar-refractivity contribution is 5.79. The summed E-state index contributed by atoms with van der Waals surface area (Å²) in [7, 11) is 1.57. The molecular weight excluding hydrogens is 386 g/mol. The zero-order chi connectivity index (χ0) is 21.3. The second-order valence-corrected chi connectivity index (χ2v) is 7.27. The maximum absolute atomic E-state index is 13.1. The van der Waals surface area contributed by atoms with Crippen LogP contribution in [0.5, 0.6) is 0 Å². The van der Waals surface area contributed by atoms with Crippen molar-refractivity contribution >= 4 is 28.7 Å². The number of aromatic nitrogens is 2. The Labute approximate surface area is 175 Å². The van der Waals surface area contributed by atoms with E-state index in [2.05, 4.69) is 15.6 Å². The van der Waals surface area contributed by atoms with Gasteiger partial charge in [0.15, 0.2) is 5.82 Å². The van der Waals surface area contributed by atoms with E-state index in [1.165, 1.54) is 0 Å². The Kier molecular flexibility index (Phi) is 7.78. The van der Waals surface area contributed by atoms with Crippen LogP contribution < -0.4 is 21.1 Å². The first-order valence-corrected chi connectivity index (χ1v) is 10.4. The molecule has 0 unspecified atom stereocenters. The number of hydrogen-bond donors (Lipinski definition) is 2. The predicted molar refractivity (Wildman–Crippen MR) is 115 cm³/mol. The monoisotopic (exact) mass is 415 g/mol. The Bertz CT molecular complexity index is 937. The highest BCUT2D eigenvalue weighted by Crippen LogP contribution is 2.18. The third-order valence-corrected chi connectivity index (χ3v) is 5.11. The Morgan fingerprint density at radius 3 is 2.53 bits per heavy atom. The average Bonchev–Trinajstić information content (AvgIpc) is 3.27. The molecule has 1 aromatic carbocycles. The van der Waals surface area contributed by atoms with E-state index in [0.717, 1.165) is 37.0 Å². The van der Waals surface area contributed by atoms with E-state index in [4.69, 9.17) is 4.74 Å². The van der Waals surface area contributed by atoms with E-state index >= 15 is 0 Å². The van der Waals surface area contributed by atoms with Gasteiger partial charge in [-0.15, -0.1) is 0 Å². The van der Waals surface area contributed by atoms with Gasteiger partial charge in [-0.1, -0.05) is 12.1 Å². The number of methoxy groups -OCH3 is 1. The Hall–Kier alpha value is -2.94. The number of hydrogen-bond acceptors (Lipinski definition) is 6. The van der Waals surface area contributed by atoms with Crippen molar-refractivity contribution in [1.29, 1.82) is 0 Å². The Morgan fingerprint density at radius 1 is 1.07 bits per heavy atom. The van der Waals surface area contributed by atoms with Crippen molar-refractivity contribution in [3.05, 3.63) is 34.6 Å². The summed E-state index contributed by atoms with van der Waals surface area (Å²) in [6, 6.07) is 7.48. The van der Waals surface area contributed by atoms with Crippen LogP contribution in [0.25, 0.3) is 11.0 Å². The fraction of sp³-hybridized carbons (Fsp3) is 0.524. The molecule has 0 saturated carbocycles. The highest BCUT2D eigenvalue weighted by atomic mass is 16.5. The molecule has 9 heteroatoms. The molecule has 2 heterocycles. The average molecular weight is 415 g/mol. The van der Waals surface area contributed by atoms with Gasteiger partial charge in [0.2, 0.25) is 11.8 Å². The summed E-state index contributed by atoms with van der Waals surface area (Å²) in [6.45, 7) is 3.06. The standard InChI is InChI=1S/C21H29N5O4/c1-30-15-11-23-18(27)8-10-22-19(28)9-14-26-17-7-3-2-6-16(17)24-20(21(26)29)25-12-4-5-13-25/h2-3,6-7H,4-5,8-15H2,1H3,(H,22,28)(H,23,27).